The normalized spacial score (nSPS) is 7.05. The lowest BCUT2D eigenvalue weighted by atomic mass is 10.1. The Bertz CT molecular complexity index is 1230. The highest BCUT2D eigenvalue weighted by atomic mass is 14.0. The molecule has 6 rings (SSSR count). The lowest BCUT2D eigenvalue weighted by Gasteiger charge is -2.00. The van der Waals surface area contributed by atoms with Crippen molar-refractivity contribution in [2.45, 2.75) is 173 Å². The molecule has 0 saturated carbocycles. The van der Waals surface area contributed by atoms with E-state index in [2.05, 4.69) is 158 Å². The van der Waals surface area contributed by atoms with Crippen LogP contribution in [-0.4, -0.2) is 0 Å². The molecule has 6 aromatic carbocycles. The number of rotatable bonds is 3. The lowest BCUT2D eigenvalue weighted by Crippen LogP contribution is -1.85. The first-order valence-corrected chi connectivity index (χ1v) is 24.0. The standard InChI is InChI=1S/C13H12.C12H10.C10H8.12C2H6/c1-3-7-12(8-4-1)11-13-9-5-2-6-10-13;1-3-7-11(8-4-1)12-9-5-2-6-10-12;1-2-6-10-8-4-3-7-9(10)5-1;12*1-2/h1-10H,11H2;1-10H;1-8H;12*1-2H3. The van der Waals surface area contributed by atoms with Crippen LogP contribution in [-0.2, 0) is 6.42 Å². The van der Waals surface area contributed by atoms with Crippen LogP contribution in [0.2, 0.25) is 0 Å². The molecule has 0 nitrogen and oxygen atoms in total. The summed E-state index contributed by atoms with van der Waals surface area (Å²) in [7, 11) is 0. The average Bonchev–Trinajstić information content (AvgIpc) is 3.40. The smallest absolute Gasteiger partial charge is 0.00258 e. The van der Waals surface area contributed by atoms with Crippen molar-refractivity contribution in [2.75, 3.05) is 0 Å². The molecule has 0 heterocycles. The van der Waals surface area contributed by atoms with Gasteiger partial charge in [0, 0.05) is 0 Å². The van der Waals surface area contributed by atoms with E-state index in [9.17, 15) is 0 Å². The van der Waals surface area contributed by atoms with Gasteiger partial charge in [0.2, 0.25) is 0 Å². The Labute approximate surface area is 374 Å². The van der Waals surface area contributed by atoms with Crippen LogP contribution in [0.4, 0.5) is 0 Å². The maximum absolute atomic E-state index is 2.16. The topological polar surface area (TPSA) is 0 Å². The van der Waals surface area contributed by atoms with E-state index in [1.165, 1.54) is 33.0 Å². The fraction of sp³-hybridized carbons (Fsp3) is 0.424. The fourth-order valence-electron chi connectivity index (χ4n) is 3.82. The fourth-order valence-corrected chi connectivity index (χ4v) is 3.82. The number of hydrogen-bond acceptors (Lipinski definition) is 0. The van der Waals surface area contributed by atoms with Crippen molar-refractivity contribution in [1.82, 2.24) is 0 Å². The van der Waals surface area contributed by atoms with Gasteiger partial charge in [-0.05, 0) is 39.4 Å². The quantitative estimate of drug-likeness (QED) is 0.167. The molecule has 0 aliphatic heterocycles. The van der Waals surface area contributed by atoms with Gasteiger partial charge in [0.1, 0.15) is 0 Å². The summed E-state index contributed by atoms with van der Waals surface area (Å²) in [6, 6.07) is 58.6. The second-order valence-electron chi connectivity index (χ2n) is 8.23. The number of benzene rings is 6. The molecule has 0 atom stereocenters. The minimum Gasteiger partial charge on any atom is -0.0683 e. The van der Waals surface area contributed by atoms with Crippen LogP contribution in [0.25, 0.3) is 21.9 Å². The lowest BCUT2D eigenvalue weighted by molar-refractivity contribution is 1.19. The molecule has 6 aromatic rings. The number of fused-ring (bicyclic) bond motifs is 1. The molecular weight excluding hydrogens is 709 g/mol. The van der Waals surface area contributed by atoms with Crippen LogP contribution in [0, 0.1) is 0 Å². The molecule has 0 aliphatic rings. The second kappa shape index (κ2) is 81.7. The summed E-state index contributed by atoms with van der Waals surface area (Å²) in [5.41, 5.74) is 5.29. The Hall–Kier alpha value is -4.42. The highest BCUT2D eigenvalue weighted by Gasteiger charge is 1.93. The molecule has 0 unspecified atom stereocenters. The molecule has 0 heteroatoms. The Kier molecular flexibility index (Phi) is 104. The first-order chi connectivity index (χ1) is 29.4. The third-order valence-corrected chi connectivity index (χ3v) is 5.63. The van der Waals surface area contributed by atoms with Gasteiger partial charge in [0.05, 0.1) is 0 Å². The van der Waals surface area contributed by atoms with E-state index in [-0.39, 0.29) is 0 Å². The summed E-state index contributed by atoms with van der Waals surface area (Å²) in [5, 5.41) is 2.62. The maximum atomic E-state index is 2.16. The summed E-state index contributed by atoms with van der Waals surface area (Å²) < 4.78 is 0. The van der Waals surface area contributed by atoms with E-state index in [0.29, 0.717) is 0 Å². The highest BCUT2D eigenvalue weighted by molar-refractivity contribution is 5.82. The SMILES string of the molecule is CC.CC.CC.CC.CC.CC.CC.CC.CC.CC.CC.CC.c1ccc(-c2ccccc2)cc1.c1ccc(Cc2ccccc2)cc1.c1ccc2ccccc2c1. The molecule has 0 aliphatic carbocycles. The summed E-state index contributed by atoms with van der Waals surface area (Å²) in [6.45, 7) is 48.0. The zero-order valence-electron chi connectivity index (χ0n) is 43.9. The molecule has 0 spiro atoms. The molecule has 0 saturated heterocycles. The van der Waals surface area contributed by atoms with Crippen molar-refractivity contribution < 1.29 is 0 Å². The molecule has 0 N–H and O–H groups in total. The molecule has 338 valence electrons. The second-order valence-corrected chi connectivity index (χ2v) is 8.23. The van der Waals surface area contributed by atoms with Crippen molar-refractivity contribution in [3.63, 3.8) is 0 Å². The van der Waals surface area contributed by atoms with E-state index in [1.807, 2.05) is 178 Å². The first kappa shape index (κ1) is 75.4. The van der Waals surface area contributed by atoms with Crippen LogP contribution in [0.5, 0.6) is 0 Å². The van der Waals surface area contributed by atoms with Crippen molar-refractivity contribution in [3.05, 3.63) is 181 Å². The predicted octanol–water partition coefficient (Wildman–Crippen LogP) is 21.8. The van der Waals surface area contributed by atoms with Gasteiger partial charge in [-0.3, -0.25) is 0 Å². The van der Waals surface area contributed by atoms with Crippen molar-refractivity contribution in [1.29, 1.82) is 0 Å². The molecule has 0 amide bonds. The van der Waals surface area contributed by atoms with Crippen molar-refractivity contribution >= 4 is 10.8 Å². The Morgan fingerprint density at radius 2 is 0.339 bits per heavy atom. The van der Waals surface area contributed by atoms with Crippen LogP contribution in [0.15, 0.2) is 170 Å². The van der Waals surface area contributed by atoms with Crippen molar-refractivity contribution in [3.8, 4) is 11.1 Å². The van der Waals surface area contributed by atoms with Gasteiger partial charge >= 0.3 is 0 Å². The minimum absolute atomic E-state index is 1.03. The third-order valence-electron chi connectivity index (χ3n) is 5.63. The van der Waals surface area contributed by atoms with Crippen LogP contribution in [0.1, 0.15) is 177 Å². The van der Waals surface area contributed by atoms with Crippen LogP contribution >= 0.6 is 0 Å². The molecule has 59 heavy (non-hydrogen) atoms. The van der Waals surface area contributed by atoms with Gasteiger partial charge < -0.3 is 0 Å². The minimum atomic E-state index is 1.03. The summed E-state index contributed by atoms with van der Waals surface area (Å²) in [5.74, 6) is 0. The van der Waals surface area contributed by atoms with Gasteiger partial charge in [-0.1, -0.05) is 336 Å². The molecule has 0 fully saturated rings. The zero-order chi connectivity index (χ0) is 48.0. The van der Waals surface area contributed by atoms with Gasteiger partial charge in [-0.2, -0.15) is 0 Å². The van der Waals surface area contributed by atoms with Crippen LogP contribution in [0.3, 0.4) is 0 Å². The maximum Gasteiger partial charge on any atom is -0.00258 e. The van der Waals surface area contributed by atoms with E-state index >= 15 is 0 Å². The van der Waals surface area contributed by atoms with Gasteiger partial charge in [-0.25, -0.2) is 0 Å². The Morgan fingerprint density at radius 1 is 0.186 bits per heavy atom. The van der Waals surface area contributed by atoms with Crippen molar-refractivity contribution in [2.24, 2.45) is 0 Å². The highest BCUT2D eigenvalue weighted by Crippen LogP contribution is 2.17. The summed E-state index contributed by atoms with van der Waals surface area (Å²) >= 11 is 0. The Balaban J connectivity index is -0.0000000726. The van der Waals surface area contributed by atoms with E-state index in [0.717, 1.165) is 6.42 Å². The molecule has 0 radical (unpaired) electrons. The molecular formula is C59H102. The largest absolute Gasteiger partial charge is 0.0683 e. The van der Waals surface area contributed by atoms with Gasteiger partial charge in [-0.15, -0.1) is 0 Å². The number of hydrogen-bond donors (Lipinski definition) is 0. The monoisotopic (exact) mass is 811 g/mol. The molecule has 0 aromatic heterocycles. The first-order valence-electron chi connectivity index (χ1n) is 24.0. The molecule has 0 bridgehead atoms. The van der Waals surface area contributed by atoms with E-state index in [1.54, 1.807) is 0 Å². The summed E-state index contributed by atoms with van der Waals surface area (Å²) in [6.07, 6.45) is 1.03. The predicted molar refractivity (Wildman–Crippen MR) is 288 cm³/mol. The Morgan fingerprint density at radius 3 is 0.525 bits per heavy atom. The zero-order valence-corrected chi connectivity index (χ0v) is 43.9. The van der Waals surface area contributed by atoms with Gasteiger partial charge in [0.25, 0.3) is 0 Å². The average molecular weight is 811 g/mol. The van der Waals surface area contributed by atoms with E-state index < -0.39 is 0 Å². The third kappa shape index (κ3) is 49.7. The van der Waals surface area contributed by atoms with Gasteiger partial charge in [0.15, 0.2) is 0 Å². The van der Waals surface area contributed by atoms with E-state index in [4.69, 9.17) is 0 Å². The summed E-state index contributed by atoms with van der Waals surface area (Å²) in [4.78, 5) is 0. The van der Waals surface area contributed by atoms with Crippen LogP contribution < -0.4 is 0 Å².